The molecule has 0 radical (unpaired) electrons. The lowest BCUT2D eigenvalue weighted by Gasteiger charge is -2.43. The third-order valence-corrected chi connectivity index (χ3v) is 4.68. The van der Waals surface area contributed by atoms with Crippen LogP contribution in [0.25, 0.3) is 0 Å². The molecule has 2 saturated heterocycles. The van der Waals surface area contributed by atoms with Gasteiger partial charge in [-0.25, -0.2) is 0 Å². The van der Waals surface area contributed by atoms with Gasteiger partial charge < -0.3 is 4.90 Å². The predicted molar refractivity (Wildman–Crippen MR) is 78.0 cm³/mol. The summed E-state index contributed by atoms with van der Waals surface area (Å²) in [4.78, 5) is 7.82. The van der Waals surface area contributed by atoms with E-state index in [1.807, 2.05) is 0 Å². The van der Waals surface area contributed by atoms with Crippen LogP contribution in [0, 0.1) is 0 Å². The second kappa shape index (κ2) is 6.88. The zero-order chi connectivity index (χ0) is 13.0. The first-order valence-electron chi connectivity index (χ1n) is 7.83. The summed E-state index contributed by atoms with van der Waals surface area (Å²) in [6.07, 6.45) is 6.88. The van der Waals surface area contributed by atoms with E-state index in [2.05, 4.69) is 35.7 Å². The van der Waals surface area contributed by atoms with Gasteiger partial charge in [0.05, 0.1) is 0 Å². The average Bonchev–Trinajstić information content (AvgIpc) is 2.80. The molecule has 106 valence electrons. The lowest BCUT2D eigenvalue weighted by atomic mass is 10.0. The van der Waals surface area contributed by atoms with Gasteiger partial charge in [-0.3, -0.25) is 9.80 Å². The highest BCUT2D eigenvalue weighted by atomic mass is 15.3. The van der Waals surface area contributed by atoms with E-state index < -0.39 is 0 Å². The summed E-state index contributed by atoms with van der Waals surface area (Å²) in [5.74, 6) is 0. The van der Waals surface area contributed by atoms with Gasteiger partial charge in [-0.15, -0.1) is 0 Å². The van der Waals surface area contributed by atoms with Crippen molar-refractivity contribution < 1.29 is 0 Å². The first kappa shape index (κ1) is 14.3. The van der Waals surface area contributed by atoms with Crippen LogP contribution in [0.4, 0.5) is 0 Å². The number of fused-ring (bicyclic) bond motifs is 1. The maximum Gasteiger partial charge on any atom is 0.0224 e. The van der Waals surface area contributed by atoms with E-state index >= 15 is 0 Å². The largest absolute Gasteiger partial charge is 0.309 e. The van der Waals surface area contributed by atoms with Crippen molar-refractivity contribution in [2.24, 2.45) is 0 Å². The molecule has 0 saturated carbocycles. The molecule has 18 heavy (non-hydrogen) atoms. The average molecular weight is 253 g/mol. The topological polar surface area (TPSA) is 9.72 Å². The molecule has 2 atom stereocenters. The quantitative estimate of drug-likeness (QED) is 0.669. The summed E-state index contributed by atoms with van der Waals surface area (Å²) >= 11 is 0. The molecule has 3 nitrogen and oxygen atoms in total. The predicted octanol–water partition coefficient (Wildman–Crippen LogP) is 1.89. The van der Waals surface area contributed by atoms with Gasteiger partial charge in [0.15, 0.2) is 0 Å². The summed E-state index contributed by atoms with van der Waals surface area (Å²) < 4.78 is 0. The van der Waals surface area contributed by atoms with Crippen LogP contribution < -0.4 is 0 Å². The number of rotatable bonds is 6. The van der Waals surface area contributed by atoms with Crippen LogP contribution in [0.5, 0.6) is 0 Å². The molecule has 0 aliphatic carbocycles. The Morgan fingerprint density at radius 1 is 1.17 bits per heavy atom. The van der Waals surface area contributed by atoms with Gasteiger partial charge in [0.1, 0.15) is 0 Å². The fourth-order valence-corrected chi connectivity index (χ4v) is 3.55. The molecule has 0 aromatic rings. The van der Waals surface area contributed by atoms with Crippen molar-refractivity contribution in [1.82, 2.24) is 14.7 Å². The monoisotopic (exact) mass is 253 g/mol. The van der Waals surface area contributed by atoms with Crippen molar-refractivity contribution in [3.05, 3.63) is 0 Å². The molecule has 0 aromatic heterocycles. The molecular weight excluding hydrogens is 222 g/mol. The van der Waals surface area contributed by atoms with Gasteiger partial charge in [0.2, 0.25) is 0 Å². The van der Waals surface area contributed by atoms with Crippen LogP contribution in [0.2, 0.25) is 0 Å². The van der Waals surface area contributed by atoms with Crippen molar-refractivity contribution in [2.75, 3.05) is 46.8 Å². The van der Waals surface area contributed by atoms with E-state index in [9.17, 15) is 0 Å². The smallest absolute Gasteiger partial charge is 0.0224 e. The Balaban J connectivity index is 1.75. The van der Waals surface area contributed by atoms with Crippen molar-refractivity contribution in [3.8, 4) is 0 Å². The number of hydrogen-bond acceptors (Lipinski definition) is 3. The van der Waals surface area contributed by atoms with Crippen LogP contribution in [0.3, 0.4) is 0 Å². The fourth-order valence-electron chi connectivity index (χ4n) is 3.55. The first-order valence-corrected chi connectivity index (χ1v) is 7.83. The normalized spacial score (nSPS) is 30.0. The minimum absolute atomic E-state index is 0.818. The second-order valence-electron chi connectivity index (χ2n) is 6.36. The van der Waals surface area contributed by atoms with Gasteiger partial charge in [-0.1, -0.05) is 6.92 Å². The molecule has 0 spiro atoms. The van der Waals surface area contributed by atoms with Crippen molar-refractivity contribution in [2.45, 2.75) is 51.1 Å². The maximum atomic E-state index is 2.78. The Morgan fingerprint density at radius 3 is 2.72 bits per heavy atom. The van der Waals surface area contributed by atoms with E-state index in [0.717, 1.165) is 12.1 Å². The maximum absolute atomic E-state index is 2.78. The van der Waals surface area contributed by atoms with Crippen molar-refractivity contribution >= 4 is 0 Å². The lowest BCUT2D eigenvalue weighted by molar-refractivity contribution is 0.0478. The zero-order valence-corrected chi connectivity index (χ0v) is 12.6. The molecule has 0 bridgehead atoms. The Bertz CT molecular complexity index is 242. The highest BCUT2D eigenvalue weighted by Gasteiger charge is 2.34. The number of piperazine rings is 1. The molecular formula is C15H31N3. The zero-order valence-electron chi connectivity index (χ0n) is 12.6. The van der Waals surface area contributed by atoms with E-state index in [1.165, 1.54) is 64.8 Å². The van der Waals surface area contributed by atoms with Crippen molar-refractivity contribution in [1.29, 1.82) is 0 Å². The molecule has 2 unspecified atom stereocenters. The minimum Gasteiger partial charge on any atom is -0.309 e. The highest BCUT2D eigenvalue weighted by Crippen LogP contribution is 2.25. The van der Waals surface area contributed by atoms with E-state index in [1.54, 1.807) is 0 Å². The Hall–Kier alpha value is -0.120. The van der Waals surface area contributed by atoms with Gasteiger partial charge in [-0.2, -0.15) is 0 Å². The molecule has 2 fully saturated rings. The van der Waals surface area contributed by atoms with Crippen LogP contribution >= 0.6 is 0 Å². The van der Waals surface area contributed by atoms with Crippen LogP contribution in [-0.2, 0) is 0 Å². The summed E-state index contributed by atoms with van der Waals surface area (Å²) in [6, 6.07) is 1.69. The van der Waals surface area contributed by atoms with E-state index in [4.69, 9.17) is 0 Å². The molecule has 0 amide bonds. The van der Waals surface area contributed by atoms with Crippen LogP contribution in [0.1, 0.15) is 39.0 Å². The van der Waals surface area contributed by atoms with Gasteiger partial charge in [0, 0.05) is 25.2 Å². The molecule has 3 heteroatoms. The Kier molecular flexibility index (Phi) is 5.46. The fraction of sp³-hybridized carbons (Fsp3) is 1.00. The molecule has 2 aliphatic rings. The standard InChI is InChI=1S/C15H31N3/c1-4-14-12-18-11-7-8-15(18)13-17(14)10-6-5-9-16(2)3/h14-15H,4-13H2,1-3H3. The van der Waals surface area contributed by atoms with Gasteiger partial charge >= 0.3 is 0 Å². The summed E-state index contributed by atoms with van der Waals surface area (Å²) in [7, 11) is 4.35. The van der Waals surface area contributed by atoms with Gasteiger partial charge in [-0.05, 0) is 65.8 Å². The summed E-state index contributed by atoms with van der Waals surface area (Å²) in [5.41, 5.74) is 0. The van der Waals surface area contributed by atoms with Crippen molar-refractivity contribution in [3.63, 3.8) is 0 Å². The number of unbranched alkanes of at least 4 members (excludes halogenated alkanes) is 1. The first-order chi connectivity index (χ1) is 8.70. The number of hydrogen-bond donors (Lipinski definition) is 0. The summed E-state index contributed by atoms with van der Waals surface area (Å²) in [5, 5.41) is 0. The Labute approximate surface area is 113 Å². The molecule has 2 rings (SSSR count). The molecule has 2 aliphatic heterocycles. The van der Waals surface area contributed by atoms with Crippen LogP contribution in [-0.4, -0.2) is 73.6 Å². The SMILES string of the molecule is CCC1CN2CCCC2CN1CCCCN(C)C. The van der Waals surface area contributed by atoms with E-state index in [0.29, 0.717) is 0 Å². The van der Waals surface area contributed by atoms with E-state index in [-0.39, 0.29) is 0 Å². The highest BCUT2D eigenvalue weighted by molar-refractivity contribution is 4.91. The third kappa shape index (κ3) is 3.69. The lowest BCUT2D eigenvalue weighted by Crippen LogP contribution is -2.55. The second-order valence-corrected chi connectivity index (χ2v) is 6.36. The Morgan fingerprint density at radius 2 is 2.00 bits per heavy atom. The molecule has 0 N–H and O–H groups in total. The molecule has 0 aromatic carbocycles. The minimum atomic E-state index is 0.818. The molecule has 2 heterocycles. The third-order valence-electron chi connectivity index (χ3n) is 4.68. The number of nitrogens with zero attached hydrogens (tertiary/aromatic N) is 3. The van der Waals surface area contributed by atoms with Gasteiger partial charge in [0.25, 0.3) is 0 Å². The van der Waals surface area contributed by atoms with Crippen LogP contribution in [0.15, 0.2) is 0 Å². The summed E-state index contributed by atoms with van der Waals surface area (Å²) in [6.45, 7) is 8.93.